The van der Waals surface area contributed by atoms with Crippen LogP contribution in [0.2, 0.25) is 10.0 Å². The van der Waals surface area contributed by atoms with E-state index in [1.807, 2.05) is 0 Å². The summed E-state index contributed by atoms with van der Waals surface area (Å²) in [5.74, 6) is -0.205. The number of halogens is 2. The van der Waals surface area contributed by atoms with Crippen LogP contribution >= 0.6 is 34.5 Å². The molecule has 0 saturated heterocycles. The van der Waals surface area contributed by atoms with Gasteiger partial charge in [-0.2, -0.15) is 10.4 Å². The summed E-state index contributed by atoms with van der Waals surface area (Å²) in [5, 5.41) is 13.9. The number of hydrogen-bond acceptors (Lipinski definition) is 5. The van der Waals surface area contributed by atoms with Crippen LogP contribution < -0.4 is 4.80 Å². The molecule has 1 aromatic carbocycles. The Labute approximate surface area is 122 Å². The fourth-order valence-electron chi connectivity index (χ4n) is 1.35. The lowest BCUT2D eigenvalue weighted by Crippen LogP contribution is -2.14. The number of nitriles is 1. The molecule has 0 aliphatic rings. The van der Waals surface area contributed by atoms with Gasteiger partial charge in [-0.1, -0.05) is 34.5 Å². The maximum Gasteiger partial charge on any atom is 0.224 e. The number of Topliss-reactive ketones (excluding diaryl/α,β-unsaturated/α-hetero) is 1. The van der Waals surface area contributed by atoms with Crippen LogP contribution in [0.25, 0.3) is 5.69 Å². The average molecular weight is 313 g/mol. The van der Waals surface area contributed by atoms with Crippen molar-refractivity contribution in [2.24, 2.45) is 4.99 Å². The van der Waals surface area contributed by atoms with Gasteiger partial charge in [-0.15, -0.1) is 4.99 Å². The van der Waals surface area contributed by atoms with Crippen LogP contribution in [0, 0.1) is 11.5 Å². The van der Waals surface area contributed by atoms with E-state index in [-0.39, 0.29) is 15.6 Å². The molecule has 8 heteroatoms. The minimum absolute atomic E-state index is 0.205. The van der Waals surface area contributed by atoms with Gasteiger partial charge in [0, 0.05) is 11.9 Å². The van der Waals surface area contributed by atoms with E-state index in [4.69, 9.17) is 28.5 Å². The maximum absolute atomic E-state index is 11.3. The monoisotopic (exact) mass is 312 g/mol. The van der Waals surface area contributed by atoms with Crippen LogP contribution in [0.3, 0.4) is 0 Å². The highest BCUT2D eigenvalue weighted by molar-refractivity contribution is 7.11. The van der Waals surface area contributed by atoms with Crippen LogP contribution in [0.1, 0.15) is 16.7 Å². The minimum Gasteiger partial charge on any atom is -0.292 e. The Morgan fingerprint density at radius 3 is 2.84 bits per heavy atom. The van der Waals surface area contributed by atoms with Crippen molar-refractivity contribution in [3.05, 3.63) is 38.1 Å². The predicted molar refractivity (Wildman–Crippen MR) is 72.6 cm³/mol. The first-order chi connectivity index (χ1) is 9.02. The fourth-order valence-corrected chi connectivity index (χ4v) is 2.59. The van der Waals surface area contributed by atoms with E-state index in [1.165, 1.54) is 11.6 Å². The Bertz CT molecular complexity index is 757. The highest BCUT2D eigenvalue weighted by atomic mass is 35.5. The van der Waals surface area contributed by atoms with Crippen molar-refractivity contribution in [3.63, 3.8) is 0 Å². The number of carbonyl (C=O) groups is 1. The lowest BCUT2D eigenvalue weighted by molar-refractivity contribution is 0.101. The zero-order chi connectivity index (χ0) is 14.0. The van der Waals surface area contributed by atoms with Gasteiger partial charge >= 0.3 is 0 Å². The summed E-state index contributed by atoms with van der Waals surface area (Å²) >= 11 is 12.9. The summed E-state index contributed by atoms with van der Waals surface area (Å²) in [6, 6.07) is 4.83. The molecule has 96 valence electrons. The van der Waals surface area contributed by atoms with Gasteiger partial charge in [-0.25, -0.2) is 4.68 Å². The van der Waals surface area contributed by atoms with Crippen molar-refractivity contribution >= 4 is 40.3 Å². The molecule has 0 atom stereocenters. The summed E-state index contributed by atoms with van der Waals surface area (Å²) in [6.07, 6.45) is 1.67. The van der Waals surface area contributed by atoms with E-state index < -0.39 is 0 Å². The van der Waals surface area contributed by atoms with Crippen molar-refractivity contribution < 1.29 is 4.79 Å². The van der Waals surface area contributed by atoms with Gasteiger partial charge in [0.2, 0.25) is 11.0 Å². The number of ketones is 1. The summed E-state index contributed by atoms with van der Waals surface area (Å²) in [5.41, 5.74) is 0.504. The van der Waals surface area contributed by atoms with Crippen molar-refractivity contribution in [1.82, 2.24) is 9.78 Å². The molecule has 1 heterocycles. The minimum atomic E-state index is -0.205. The Balaban J connectivity index is 2.71. The summed E-state index contributed by atoms with van der Waals surface area (Å²) in [4.78, 5) is 15.2. The van der Waals surface area contributed by atoms with Gasteiger partial charge < -0.3 is 0 Å². The average Bonchev–Trinajstić information content (AvgIpc) is 2.74. The van der Waals surface area contributed by atoms with Gasteiger partial charge in [-0.05, 0) is 18.2 Å². The second kappa shape index (κ2) is 5.53. The van der Waals surface area contributed by atoms with Gasteiger partial charge in [0.05, 0.1) is 10.7 Å². The third-order valence-corrected chi connectivity index (χ3v) is 3.69. The van der Waals surface area contributed by atoms with E-state index >= 15 is 0 Å². The molecule has 0 saturated carbocycles. The molecule has 0 radical (unpaired) electrons. The molecule has 0 aliphatic carbocycles. The lowest BCUT2D eigenvalue weighted by atomic mass is 10.3. The molecule has 0 amide bonds. The second-order valence-electron chi connectivity index (χ2n) is 3.47. The SMILES string of the molecule is CC(=O)c1nn(-c2ccc(Cl)cc2Cl)c(=NC#N)s1. The molecule has 0 aliphatic heterocycles. The van der Waals surface area contributed by atoms with Crippen LogP contribution in [0.15, 0.2) is 23.2 Å². The molecule has 5 nitrogen and oxygen atoms in total. The third kappa shape index (κ3) is 2.84. The van der Waals surface area contributed by atoms with Gasteiger partial charge in [0.25, 0.3) is 0 Å². The highest BCUT2D eigenvalue weighted by Gasteiger charge is 2.13. The zero-order valence-electron chi connectivity index (χ0n) is 9.59. The predicted octanol–water partition coefficient (Wildman–Crippen LogP) is 2.82. The first-order valence-electron chi connectivity index (χ1n) is 5.02. The van der Waals surface area contributed by atoms with Gasteiger partial charge in [-0.3, -0.25) is 4.79 Å². The molecular weight excluding hydrogens is 307 g/mol. The number of nitrogens with zero attached hydrogens (tertiary/aromatic N) is 4. The smallest absolute Gasteiger partial charge is 0.224 e. The summed E-state index contributed by atoms with van der Waals surface area (Å²) < 4.78 is 1.35. The van der Waals surface area contributed by atoms with Crippen molar-refractivity contribution in [2.75, 3.05) is 0 Å². The normalized spacial score (nSPS) is 11.4. The molecule has 1 aromatic heterocycles. The number of rotatable bonds is 2. The van der Waals surface area contributed by atoms with Crippen molar-refractivity contribution in [2.45, 2.75) is 6.92 Å². The van der Waals surface area contributed by atoms with E-state index in [9.17, 15) is 4.79 Å². The van der Waals surface area contributed by atoms with E-state index in [0.717, 1.165) is 11.3 Å². The first kappa shape index (κ1) is 13.7. The number of carbonyl (C=O) groups excluding carboxylic acids is 1. The maximum atomic E-state index is 11.3. The van der Waals surface area contributed by atoms with Gasteiger partial charge in [0.15, 0.2) is 10.8 Å². The Morgan fingerprint density at radius 1 is 1.53 bits per heavy atom. The van der Waals surface area contributed by atoms with Crippen LogP contribution in [-0.4, -0.2) is 15.6 Å². The van der Waals surface area contributed by atoms with E-state index in [1.54, 1.807) is 24.4 Å². The van der Waals surface area contributed by atoms with Crippen LogP contribution in [0.4, 0.5) is 0 Å². The second-order valence-corrected chi connectivity index (χ2v) is 5.26. The molecular formula is C11H6Cl2N4OS. The molecule has 2 aromatic rings. The Morgan fingerprint density at radius 2 is 2.26 bits per heavy atom. The number of benzene rings is 1. The lowest BCUT2D eigenvalue weighted by Gasteiger charge is -2.03. The van der Waals surface area contributed by atoms with E-state index in [0.29, 0.717) is 15.7 Å². The molecule has 0 bridgehead atoms. The Kier molecular flexibility index (Phi) is 4.00. The molecule has 0 spiro atoms. The standard InChI is InChI=1S/C11H6Cl2N4OS/c1-6(18)10-16-17(11(19-10)15-5-14)9-3-2-7(12)4-8(9)13/h2-4H,1H3. The van der Waals surface area contributed by atoms with Crippen LogP contribution in [0.5, 0.6) is 0 Å². The number of aromatic nitrogens is 2. The Hall–Kier alpha value is -1.68. The van der Waals surface area contributed by atoms with Crippen molar-refractivity contribution in [3.8, 4) is 11.9 Å². The zero-order valence-corrected chi connectivity index (χ0v) is 11.9. The molecule has 2 rings (SSSR count). The molecule has 0 unspecified atom stereocenters. The summed E-state index contributed by atoms with van der Waals surface area (Å²) in [7, 11) is 0. The molecule has 0 fully saturated rings. The topological polar surface area (TPSA) is 71.0 Å². The quantitative estimate of drug-likeness (QED) is 0.632. The molecule has 0 N–H and O–H groups in total. The highest BCUT2D eigenvalue weighted by Crippen LogP contribution is 2.23. The fraction of sp³-hybridized carbons (Fsp3) is 0.0909. The first-order valence-corrected chi connectivity index (χ1v) is 6.59. The van der Waals surface area contributed by atoms with E-state index in [2.05, 4.69) is 10.1 Å². The molecule has 19 heavy (non-hydrogen) atoms. The number of hydrogen-bond donors (Lipinski definition) is 0. The van der Waals surface area contributed by atoms with Crippen LogP contribution in [-0.2, 0) is 0 Å². The third-order valence-electron chi connectivity index (χ3n) is 2.14. The van der Waals surface area contributed by atoms with Crippen molar-refractivity contribution in [1.29, 1.82) is 5.26 Å². The summed E-state index contributed by atoms with van der Waals surface area (Å²) in [6.45, 7) is 1.39. The van der Waals surface area contributed by atoms with Gasteiger partial charge in [0.1, 0.15) is 0 Å². The largest absolute Gasteiger partial charge is 0.292 e.